The summed E-state index contributed by atoms with van der Waals surface area (Å²) in [7, 11) is 0. The molecule has 3 rings (SSSR count). The second kappa shape index (κ2) is 7.92. The Kier molecular flexibility index (Phi) is 5.43. The molecule has 2 N–H and O–H groups in total. The van der Waals surface area contributed by atoms with Crippen LogP contribution >= 0.6 is 0 Å². The zero-order valence-electron chi connectivity index (χ0n) is 14.4. The number of nitrogens with one attached hydrogen (secondary N) is 2. The molecular formula is C20H23N3O2. The largest absolute Gasteiger partial charge is 0.353 e. The molecule has 130 valence electrons. The van der Waals surface area contributed by atoms with Gasteiger partial charge in [-0.25, -0.2) is 4.98 Å². The second-order valence-corrected chi connectivity index (χ2v) is 6.50. The zero-order valence-corrected chi connectivity index (χ0v) is 14.4. The van der Waals surface area contributed by atoms with E-state index in [0.717, 1.165) is 24.8 Å². The van der Waals surface area contributed by atoms with Crippen LogP contribution in [0.2, 0.25) is 0 Å². The van der Waals surface area contributed by atoms with Gasteiger partial charge in [0, 0.05) is 31.3 Å². The highest BCUT2D eigenvalue weighted by Crippen LogP contribution is 2.33. The van der Waals surface area contributed by atoms with Crippen LogP contribution in [-0.2, 0) is 4.79 Å². The highest BCUT2D eigenvalue weighted by Gasteiger charge is 2.26. The predicted octanol–water partition coefficient (Wildman–Crippen LogP) is 3.47. The molecule has 0 aliphatic heterocycles. The Morgan fingerprint density at radius 1 is 1.20 bits per heavy atom. The number of ketones is 1. The Hall–Kier alpha value is -2.69. The molecule has 1 aromatic carbocycles. The van der Waals surface area contributed by atoms with Gasteiger partial charge in [-0.15, -0.1) is 0 Å². The molecule has 1 amide bonds. The predicted molar refractivity (Wildman–Crippen MR) is 97.2 cm³/mol. The van der Waals surface area contributed by atoms with Crippen molar-refractivity contribution in [1.29, 1.82) is 0 Å². The molecule has 1 saturated carbocycles. The molecule has 0 bridgehead atoms. The summed E-state index contributed by atoms with van der Waals surface area (Å²) in [6, 6.07) is 8.44. The molecule has 1 aliphatic rings. The lowest BCUT2D eigenvalue weighted by molar-refractivity contribution is -0.120. The number of aromatic amines is 1. The average molecular weight is 337 g/mol. The molecule has 1 heterocycles. The van der Waals surface area contributed by atoms with Crippen LogP contribution in [0.3, 0.4) is 0 Å². The topological polar surface area (TPSA) is 74.8 Å². The van der Waals surface area contributed by atoms with Crippen LogP contribution < -0.4 is 5.32 Å². The maximum absolute atomic E-state index is 11.9. The minimum Gasteiger partial charge on any atom is -0.353 e. The number of carbonyl (C=O) groups is 2. The van der Waals surface area contributed by atoms with Crippen LogP contribution in [-0.4, -0.2) is 27.7 Å². The number of amides is 1. The first-order chi connectivity index (χ1) is 12.1. The maximum atomic E-state index is 11.9. The lowest BCUT2D eigenvalue weighted by Crippen LogP contribution is -2.39. The fourth-order valence-electron chi connectivity index (χ4n) is 3.47. The van der Waals surface area contributed by atoms with Gasteiger partial charge < -0.3 is 10.3 Å². The summed E-state index contributed by atoms with van der Waals surface area (Å²) in [4.78, 5) is 30.1. The molecule has 2 unspecified atom stereocenters. The molecule has 0 spiro atoms. The normalized spacial score (nSPS) is 20.5. The van der Waals surface area contributed by atoms with Crippen LogP contribution in [0.5, 0.6) is 0 Å². The number of hydrogen-bond donors (Lipinski definition) is 2. The summed E-state index contributed by atoms with van der Waals surface area (Å²) in [6.07, 6.45) is 11.0. The fraction of sp³-hybridized carbons (Fsp3) is 0.350. The Morgan fingerprint density at radius 3 is 2.64 bits per heavy atom. The molecule has 1 aliphatic carbocycles. The standard InChI is InChI=1S/C20H23N3O2/c1-14(24)23-18-5-3-2-4-17(18)16-9-6-15(7-10-16)8-11-19(25)20-21-12-13-22-20/h6-13,17-18H,2-5H2,1H3,(H,21,22)(H,23,24). The average Bonchev–Trinajstić information content (AvgIpc) is 3.15. The minimum atomic E-state index is -0.146. The van der Waals surface area contributed by atoms with Gasteiger partial charge in [0.15, 0.2) is 5.82 Å². The first-order valence-electron chi connectivity index (χ1n) is 8.72. The van der Waals surface area contributed by atoms with E-state index in [9.17, 15) is 9.59 Å². The summed E-state index contributed by atoms with van der Waals surface area (Å²) in [5.41, 5.74) is 2.21. The third-order valence-corrected chi connectivity index (χ3v) is 4.68. The summed E-state index contributed by atoms with van der Waals surface area (Å²) in [5, 5.41) is 3.09. The Labute approximate surface area is 147 Å². The highest BCUT2D eigenvalue weighted by molar-refractivity contribution is 6.04. The fourth-order valence-corrected chi connectivity index (χ4v) is 3.47. The second-order valence-electron chi connectivity index (χ2n) is 6.50. The van der Waals surface area contributed by atoms with Crippen LogP contribution in [0.25, 0.3) is 6.08 Å². The van der Waals surface area contributed by atoms with Crippen molar-refractivity contribution in [2.24, 2.45) is 0 Å². The number of allylic oxidation sites excluding steroid dienone is 1. The SMILES string of the molecule is CC(=O)NC1CCCCC1c1ccc(C=CC(=O)c2ncc[nH]2)cc1. The molecule has 2 atom stereocenters. The van der Waals surface area contributed by atoms with Crippen LogP contribution in [0.1, 0.15) is 60.3 Å². The van der Waals surface area contributed by atoms with E-state index in [1.54, 1.807) is 25.4 Å². The van der Waals surface area contributed by atoms with E-state index in [0.29, 0.717) is 11.7 Å². The van der Waals surface area contributed by atoms with Crippen LogP contribution in [0.4, 0.5) is 0 Å². The van der Waals surface area contributed by atoms with Gasteiger partial charge in [-0.2, -0.15) is 0 Å². The number of H-pyrrole nitrogens is 1. The lowest BCUT2D eigenvalue weighted by atomic mass is 9.80. The third kappa shape index (κ3) is 4.44. The maximum Gasteiger partial charge on any atom is 0.221 e. The summed E-state index contributed by atoms with van der Waals surface area (Å²) in [5.74, 6) is 0.591. The number of carbonyl (C=O) groups excluding carboxylic acids is 2. The number of nitrogens with zero attached hydrogens (tertiary/aromatic N) is 1. The Balaban J connectivity index is 1.68. The van der Waals surface area contributed by atoms with Crippen LogP contribution in [0, 0.1) is 0 Å². The van der Waals surface area contributed by atoms with Gasteiger partial charge in [0.25, 0.3) is 0 Å². The Morgan fingerprint density at radius 2 is 1.96 bits per heavy atom. The summed E-state index contributed by atoms with van der Waals surface area (Å²) < 4.78 is 0. The van der Waals surface area contributed by atoms with Crippen molar-refractivity contribution >= 4 is 17.8 Å². The molecule has 2 aromatic rings. The van der Waals surface area contributed by atoms with Crippen molar-refractivity contribution < 1.29 is 9.59 Å². The zero-order chi connectivity index (χ0) is 17.6. The van der Waals surface area contributed by atoms with E-state index in [-0.39, 0.29) is 17.7 Å². The van der Waals surface area contributed by atoms with Crippen molar-refractivity contribution in [2.75, 3.05) is 0 Å². The van der Waals surface area contributed by atoms with Crippen molar-refractivity contribution in [3.8, 4) is 0 Å². The van der Waals surface area contributed by atoms with Crippen molar-refractivity contribution in [2.45, 2.75) is 44.6 Å². The van der Waals surface area contributed by atoms with Gasteiger partial charge in [-0.3, -0.25) is 9.59 Å². The summed E-state index contributed by atoms with van der Waals surface area (Å²) in [6.45, 7) is 1.58. The molecule has 1 aromatic heterocycles. The van der Waals surface area contributed by atoms with Gasteiger partial charge in [0.2, 0.25) is 11.7 Å². The van der Waals surface area contributed by atoms with Gasteiger partial charge in [-0.1, -0.05) is 43.2 Å². The molecular weight excluding hydrogens is 314 g/mol. The van der Waals surface area contributed by atoms with Crippen molar-refractivity contribution in [3.05, 3.63) is 59.7 Å². The van der Waals surface area contributed by atoms with Crippen molar-refractivity contribution in [3.63, 3.8) is 0 Å². The number of hydrogen-bond acceptors (Lipinski definition) is 3. The van der Waals surface area contributed by atoms with Gasteiger partial charge in [0.05, 0.1) is 0 Å². The van der Waals surface area contributed by atoms with Gasteiger partial charge >= 0.3 is 0 Å². The number of imidazole rings is 1. The monoisotopic (exact) mass is 337 g/mol. The first kappa shape index (κ1) is 17.1. The van der Waals surface area contributed by atoms with Gasteiger partial charge in [-0.05, 0) is 30.0 Å². The number of aromatic nitrogens is 2. The smallest absolute Gasteiger partial charge is 0.221 e. The minimum absolute atomic E-state index is 0.0351. The first-order valence-corrected chi connectivity index (χ1v) is 8.72. The van der Waals surface area contributed by atoms with E-state index in [1.807, 2.05) is 12.1 Å². The number of benzene rings is 1. The quantitative estimate of drug-likeness (QED) is 0.648. The van der Waals surface area contributed by atoms with E-state index in [4.69, 9.17) is 0 Å². The highest BCUT2D eigenvalue weighted by atomic mass is 16.1. The molecule has 0 radical (unpaired) electrons. The van der Waals surface area contributed by atoms with E-state index in [2.05, 4.69) is 27.4 Å². The van der Waals surface area contributed by atoms with Crippen molar-refractivity contribution in [1.82, 2.24) is 15.3 Å². The number of rotatable bonds is 5. The molecule has 1 fully saturated rings. The van der Waals surface area contributed by atoms with Crippen LogP contribution in [0.15, 0.2) is 42.7 Å². The summed E-state index contributed by atoms with van der Waals surface area (Å²) >= 11 is 0. The van der Waals surface area contributed by atoms with Gasteiger partial charge in [0.1, 0.15) is 0 Å². The van der Waals surface area contributed by atoms with E-state index in [1.165, 1.54) is 18.1 Å². The molecule has 25 heavy (non-hydrogen) atoms. The third-order valence-electron chi connectivity index (χ3n) is 4.68. The van der Waals surface area contributed by atoms with E-state index < -0.39 is 0 Å². The van der Waals surface area contributed by atoms with E-state index >= 15 is 0 Å². The molecule has 5 nitrogen and oxygen atoms in total. The Bertz CT molecular complexity index is 748. The molecule has 5 heteroatoms. The molecule has 0 saturated heterocycles. The lowest BCUT2D eigenvalue weighted by Gasteiger charge is -2.32.